The topological polar surface area (TPSA) is 94.9 Å². The minimum atomic E-state index is -0.453. The molecule has 1 heterocycles. The van der Waals surface area contributed by atoms with Crippen molar-refractivity contribution >= 4 is 11.7 Å². The molecule has 0 aliphatic heterocycles. The van der Waals surface area contributed by atoms with E-state index in [1.54, 1.807) is 12.3 Å². The van der Waals surface area contributed by atoms with Crippen LogP contribution in [0.15, 0.2) is 12.3 Å². The van der Waals surface area contributed by atoms with Crippen LogP contribution in [0.1, 0.15) is 32.9 Å². The third kappa shape index (κ3) is 4.11. The van der Waals surface area contributed by atoms with E-state index in [0.29, 0.717) is 12.8 Å². The zero-order chi connectivity index (χ0) is 13.1. The quantitative estimate of drug-likeness (QED) is 0.811. The average Bonchev–Trinajstić information content (AvgIpc) is 2.23. The first-order chi connectivity index (χ1) is 7.80. The summed E-state index contributed by atoms with van der Waals surface area (Å²) >= 11 is 0. The lowest BCUT2D eigenvalue weighted by Crippen LogP contribution is -2.39. The van der Waals surface area contributed by atoms with E-state index in [9.17, 15) is 4.79 Å². The van der Waals surface area contributed by atoms with Gasteiger partial charge in [-0.1, -0.05) is 20.8 Å². The maximum Gasteiger partial charge on any atom is 0.220 e. The Balaban J connectivity index is 2.54. The molecule has 0 radical (unpaired) electrons. The Morgan fingerprint density at radius 3 is 2.65 bits per heavy atom. The molecule has 0 unspecified atom stereocenters. The minimum absolute atomic E-state index is 0.0690. The molecule has 0 aliphatic rings. The number of anilines is 1. The Morgan fingerprint density at radius 2 is 2.12 bits per heavy atom. The van der Waals surface area contributed by atoms with Crippen LogP contribution in [0, 0.1) is 5.41 Å². The lowest BCUT2D eigenvalue weighted by atomic mass is 9.85. The van der Waals surface area contributed by atoms with Gasteiger partial charge < -0.3 is 11.5 Å². The number of nitrogen functional groups attached to an aromatic ring is 1. The molecule has 1 aromatic heterocycles. The summed E-state index contributed by atoms with van der Waals surface area (Å²) in [6.45, 7) is 5.62. The molecule has 1 aromatic rings. The van der Waals surface area contributed by atoms with E-state index in [0.717, 1.165) is 5.69 Å². The first kappa shape index (κ1) is 13.6. The number of hydrogen-bond donors (Lipinski definition) is 2. The Bertz CT molecular complexity index is 398. The number of carbonyl (C=O) groups excluding carboxylic acids is 1. The van der Waals surface area contributed by atoms with Crippen molar-refractivity contribution in [1.82, 2.24) is 9.97 Å². The van der Waals surface area contributed by atoms with Crippen molar-refractivity contribution in [2.75, 3.05) is 5.73 Å². The van der Waals surface area contributed by atoms with Crippen molar-refractivity contribution in [3.63, 3.8) is 0 Å². The second kappa shape index (κ2) is 5.23. The molecule has 0 bridgehead atoms. The number of rotatable bonds is 4. The fourth-order valence-corrected chi connectivity index (χ4v) is 1.54. The number of nitrogens with zero attached hydrogens (tertiary/aromatic N) is 2. The van der Waals surface area contributed by atoms with Crippen LogP contribution >= 0.6 is 0 Å². The highest BCUT2D eigenvalue weighted by atomic mass is 16.1. The number of aryl methyl sites for hydroxylation is 1. The largest absolute Gasteiger partial charge is 0.368 e. The van der Waals surface area contributed by atoms with Crippen LogP contribution in [0.2, 0.25) is 0 Å². The van der Waals surface area contributed by atoms with Crippen LogP contribution in [0.4, 0.5) is 5.95 Å². The molecule has 0 saturated carbocycles. The molecule has 5 heteroatoms. The molecule has 0 fully saturated rings. The Labute approximate surface area is 102 Å². The van der Waals surface area contributed by atoms with Crippen molar-refractivity contribution in [2.45, 2.75) is 39.7 Å². The van der Waals surface area contributed by atoms with Crippen LogP contribution in [0.25, 0.3) is 0 Å². The van der Waals surface area contributed by atoms with Gasteiger partial charge in [0.25, 0.3) is 0 Å². The molecule has 5 nitrogen and oxygen atoms in total. The van der Waals surface area contributed by atoms with E-state index in [1.165, 1.54) is 0 Å². The monoisotopic (exact) mass is 236 g/mol. The smallest absolute Gasteiger partial charge is 0.220 e. The number of hydrogen-bond acceptors (Lipinski definition) is 5. The predicted octanol–water partition coefficient (Wildman–Crippen LogP) is 0.934. The predicted molar refractivity (Wildman–Crippen MR) is 67.2 cm³/mol. The molecule has 0 spiro atoms. The summed E-state index contributed by atoms with van der Waals surface area (Å²) in [6, 6.07) is 1.33. The molecule has 1 rings (SSSR count). The van der Waals surface area contributed by atoms with Gasteiger partial charge in [-0.2, -0.15) is 0 Å². The number of aromatic nitrogens is 2. The summed E-state index contributed by atoms with van der Waals surface area (Å²) in [7, 11) is 0. The fourth-order valence-electron chi connectivity index (χ4n) is 1.54. The summed E-state index contributed by atoms with van der Waals surface area (Å²) in [5.74, 6) is 0.317. The van der Waals surface area contributed by atoms with Gasteiger partial charge in [0.05, 0.1) is 6.04 Å². The summed E-state index contributed by atoms with van der Waals surface area (Å²) in [6.07, 6.45) is 2.82. The molecular weight excluding hydrogens is 216 g/mol. The van der Waals surface area contributed by atoms with Crippen LogP contribution in [-0.4, -0.2) is 21.8 Å². The Kier molecular flexibility index (Phi) is 4.17. The van der Waals surface area contributed by atoms with Crippen LogP contribution < -0.4 is 11.5 Å². The lowest BCUT2D eigenvalue weighted by Gasteiger charge is -2.21. The Morgan fingerprint density at radius 1 is 1.47 bits per heavy atom. The number of Topliss-reactive ketones (excluding diaryl/α,β-unsaturated/α-hetero) is 1. The van der Waals surface area contributed by atoms with Crippen molar-refractivity contribution in [3.8, 4) is 0 Å². The van der Waals surface area contributed by atoms with E-state index in [2.05, 4.69) is 9.97 Å². The van der Waals surface area contributed by atoms with Gasteiger partial charge in [-0.05, 0) is 18.9 Å². The minimum Gasteiger partial charge on any atom is -0.368 e. The molecular formula is C12H20N4O. The van der Waals surface area contributed by atoms with Crippen molar-refractivity contribution < 1.29 is 4.79 Å². The van der Waals surface area contributed by atoms with E-state index in [4.69, 9.17) is 11.5 Å². The van der Waals surface area contributed by atoms with E-state index >= 15 is 0 Å². The normalized spacial score (nSPS) is 13.4. The lowest BCUT2D eigenvalue weighted by molar-refractivity contribution is -0.127. The third-order valence-corrected chi connectivity index (χ3v) is 2.52. The zero-order valence-corrected chi connectivity index (χ0v) is 10.6. The third-order valence-electron chi connectivity index (χ3n) is 2.52. The second-order valence-electron chi connectivity index (χ2n) is 5.17. The van der Waals surface area contributed by atoms with Gasteiger partial charge in [-0.25, -0.2) is 9.97 Å². The molecule has 0 amide bonds. The van der Waals surface area contributed by atoms with Crippen molar-refractivity contribution in [3.05, 3.63) is 18.0 Å². The van der Waals surface area contributed by atoms with Gasteiger partial charge in [0.1, 0.15) is 0 Å². The van der Waals surface area contributed by atoms with Gasteiger partial charge >= 0.3 is 0 Å². The van der Waals surface area contributed by atoms with Crippen molar-refractivity contribution in [2.24, 2.45) is 11.1 Å². The van der Waals surface area contributed by atoms with Gasteiger partial charge in [0, 0.05) is 17.3 Å². The van der Waals surface area contributed by atoms with Crippen LogP contribution in [-0.2, 0) is 11.2 Å². The summed E-state index contributed by atoms with van der Waals surface area (Å²) in [5.41, 5.74) is 11.8. The van der Waals surface area contributed by atoms with Crippen LogP contribution in [0.5, 0.6) is 0 Å². The maximum absolute atomic E-state index is 11.9. The van der Waals surface area contributed by atoms with Crippen LogP contribution in [0.3, 0.4) is 0 Å². The first-order valence-corrected chi connectivity index (χ1v) is 5.68. The number of ketones is 1. The number of carbonyl (C=O) groups is 1. The van der Waals surface area contributed by atoms with E-state index in [1.807, 2.05) is 20.8 Å². The summed E-state index contributed by atoms with van der Waals surface area (Å²) in [5, 5.41) is 0. The Hall–Kier alpha value is -1.49. The second-order valence-corrected chi connectivity index (χ2v) is 5.17. The molecule has 0 saturated heterocycles. The van der Waals surface area contributed by atoms with Gasteiger partial charge in [-0.15, -0.1) is 0 Å². The van der Waals surface area contributed by atoms with Crippen molar-refractivity contribution in [1.29, 1.82) is 0 Å². The molecule has 1 atom stereocenters. The van der Waals surface area contributed by atoms with E-state index in [-0.39, 0.29) is 11.7 Å². The van der Waals surface area contributed by atoms with E-state index < -0.39 is 11.5 Å². The van der Waals surface area contributed by atoms with Gasteiger partial charge in [0.2, 0.25) is 5.95 Å². The zero-order valence-electron chi connectivity index (χ0n) is 10.6. The van der Waals surface area contributed by atoms with Gasteiger partial charge in [0.15, 0.2) is 5.78 Å². The molecule has 17 heavy (non-hydrogen) atoms. The fraction of sp³-hybridized carbons (Fsp3) is 0.583. The SMILES string of the molecule is CC(C)(C)C(=O)[C@H](N)CCc1ccnc(N)n1. The highest BCUT2D eigenvalue weighted by molar-refractivity contribution is 5.88. The average molecular weight is 236 g/mol. The molecule has 94 valence electrons. The van der Waals surface area contributed by atoms with Gasteiger partial charge in [-0.3, -0.25) is 4.79 Å². The highest BCUT2D eigenvalue weighted by Crippen LogP contribution is 2.18. The molecule has 0 aromatic carbocycles. The maximum atomic E-state index is 11.9. The number of nitrogens with two attached hydrogens (primary N) is 2. The standard InChI is InChI=1S/C12H20N4O/c1-12(2,3)10(17)9(13)5-4-8-6-7-15-11(14)16-8/h6-7,9H,4-5,13H2,1-3H3,(H2,14,15,16)/t9-/m1/s1. The summed E-state index contributed by atoms with van der Waals surface area (Å²) in [4.78, 5) is 19.7. The summed E-state index contributed by atoms with van der Waals surface area (Å²) < 4.78 is 0. The first-order valence-electron chi connectivity index (χ1n) is 5.68. The highest BCUT2D eigenvalue weighted by Gasteiger charge is 2.26. The molecule has 0 aliphatic carbocycles. The molecule has 4 N–H and O–H groups in total.